The summed E-state index contributed by atoms with van der Waals surface area (Å²) in [4.78, 5) is 0. The van der Waals surface area contributed by atoms with Gasteiger partial charge in [-0.05, 0) is 154 Å². The molecule has 0 heterocycles. The van der Waals surface area contributed by atoms with E-state index in [4.69, 9.17) is 14.9 Å². The van der Waals surface area contributed by atoms with Crippen molar-refractivity contribution in [3.05, 3.63) is 11.6 Å². The fourth-order valence-corrected chi connectivity index (χ4v) is 11.6. The van der Waals surface area contributed by atoms with E-state index < -0.39 is 0 Å². The van der Waals surface area contributed by atoms with E-state index in [0.717, 1.165) is 68.5 Å². The first-order valence-electron chi connectivity index (χ1n) is 22.3. The minimum absolute atomic E-state index is 0. The summed E-state index contributed by atoms with van der Waals surface area (Å²) in [6, 6.07) is 0. The van der Waals surface area contributed by atoms with Gasteiger partial charge in [0.15, 0.2) is 0 Å². The van der Waals surface area contributed by atoms with Gasteiger partial charge >= 0.3 is 0 Å². The van der Waals surface area contributed by atoms with Gasteiger partial charge in [-0.25, -0.2) is 0 Å². The average molecular weight is 763 g/mol. The van der Waals surface area contributed by atoms with Crippen molar-refractivity contribution in [3.8, 4) is 12.8 Å². The van der Waals surface area contributed by atoms with Gasteiger partial charge in [0.05, 0.1) is 18.8 Å². The topological polar surface area (TPSA) is 69.9 Å². The fraction of sp³-hybridized carbons (Fsp3) is 0.920. The zero-order valence-electron chi connectivity index (χ0n) is 38.0. The summed E-state index contributed by atoms with van der Waals surface area (Å²) in [7, 11) is 2.00. The molecule has 0 aromatic heterocycles. The highest BCUT2D eigenvalue weighted by Crippen LogP contribution is 2.67. The second-order valence-corrected chi connectivity index (χ2v) is 19.5. The Morgan fingerprint density at radius 2 is 1.50 bits per heavy atom. The molecule has 0 amide bonds. The van der Waals surface area contributed by atoms with Gasteiger partial charge in [-0.3, -0.25) is 0 Å². The highest BCUT2D eigenvalue weighted by atomic mass is 16.5. The molecule has 0 aliphatic heterocycles. The van der Waals surface area contributed by atoms with E-state index in [1.54, 1.807) is 5.57 Å². The summed E-state index contributed by atoms with van der Waals surface area (Å²) in [5, 5.41) is 24.5. The van der Waals surface area contributed by atoms with Crippen LogP contribution in [0.25, 0.3) is 0 Å². The number of rotatable bonds is 15. The van der Waals surface area contributed by atoms with Crippen LogP contribution in [0.5, 0.6) is 0 Å². The number of hydrogen-bond donors (Lipinski definition) is 3. The maximum Gasteiger partial charge on any atom is 0.0776 e. The Kier molecular flexibility index (Phi) is 28.4. The van der Waals surface area contributed by atoms with Crippen LogP contribution >= 0.6 is 0 Å². The zero-order chi connectivity index (χ0) is 41.0. The Bertz CT molecular complexity index is 981. The third-order valence-electron chi connectivity index (χ3n) is 14.5. The molecule has 322 valence electrons. The van der Waals surface area contributed by atoms with Gasteiger partial charge in [-0.15, -0.1) is 12.8 Å². The monoisotopic (exact) mass is 763 g/mol. The zero-order valence-corrected chi connectivity index (χ0v) is 38.0. The minimum Gasteiger partial charge on any atom is -0.400 e. The molecular weight excluding hydrogens is 665 g/mol. The van der Waals surface area contributed by atoms with Gasteiger partial charge in [0.1, 0.15) is 0 Å². The maximum absolute atomic E-state index is 10.5. The molecule has 0 aromatic carbocycles. The third-order valence-corrected chi connectivity index (χ3v) is 14.5. The number of allylic oxidation sites excluding steroid dienone is 2. The molecule has 3 saturated carbocycles. The summed E-state index contributed by atoms with van der Waals surface area (Å²) in [5.74, 6) is 6.46. The number of terminal acetylenes is 1. The molecule has 12 unspecified atom stereocenters. The number of unbranched alkanes of at least 4 members (excludes halogenated alkanes) is 1. The Labute approximate surface area is 339 Å². The first kappa shape index (κ1) is 55.2. The van der Waals surface area contributed by atoms with Crippen LogP contribution in [-0.2, 0) is 4.74 Å². The normalized spacial score (nSPS) is 32.9. The molecule has 54 heavy (non-hydrogen) atoms. The predicted octanol–water partition coefficient (Wildman–Crippen LogP) is 13.6. The van der Waals surface area contributed by atoms with E-state index in [1.165, 1.54) is 96.3 Å². The van der Waals surface area contributed by atoms with E-state index in [2.05, 4.69) is 88.2 Å². The van der Waals surface area contributed by atoms with Gasteiger partial charge in [-0.1, -0.05) is 121 Å². The molecule has 0 saturated heterocycles. The van der Waals surface area contributed by atoms with Crippen LogP contribution < -0.4 is 0 Å². The maximum atomic E-state index is 10.5. The Hall–Kier alpha value is -0.860. The first-order valence-corrected chi connectivity index (χ1v) is 22.3. The summed E-state index contributed by atoms with van der Waals surface area (Å²) >= 11 is 0. The van der Waals surface area contributed by atoms with Crippen molar-refractivity contribution in [2.45, 2.75) is 212 Å². The molecule has 4 aliphatic rings. The lowest BCUT2D eigenvalue weighted by molar-refractivity contribution is -0.0711. The van der Waals surface area contributed by atoms with Crippen molar-refractivity contribution in [2.24, 2.45) is 63.6 Å². The number of fused-ring (bicyclic) bond motifs is 3. The van der Waals surface area contributed by atoms with Crippen LogP contribution in [0, 0.1) is 76.4 Å². The molecule has 4 heteroatoms. The molecule has 4 aliphatic carbocycles. The highest BCUT2D eigenvalue weighted by molar-refractivity contribution is 5.20. The molecule has 3 N–H and O–H groups in total. The highest BCUT2D eigenvalue weighted by Gasteiger charge is 2.59. The van der Waals surface area contributed by atoms with Gasteiger partial charge in [-0.2, -0.15) is 0 Å². The van der Waals surface area contributed by atoms with E-state index >= 15 is 0 Å². The third kappa shape index (κ3) is 16.5. The molecule has 0 bridgehead atoms. The molecule has 4 nitrogen and oxygen atoms in total. The first-order chi connectivity index (χ1) is 25.1. The Morgan fingerprint density at radius 1 is 0.889 bits per heavy atom. The van der Waals surface area contributed by atoms with Gasteiger partial charge < -0.3 is 20.1 Å². The number of hydrogen-bond acceptors (Lipinski definition) is 4. The van der Waals surface area contributed by atoms with Crippen LogP contribution in [0.3, 0.4) is 0 Å². The van der Waals surface area contributed by atoms with E-state index in [-0.39, 0.29) is 13.5 Å². The van der Waals surface area contributed by atoms with Crippen molar-refractivity contribution in [2.75, 3.05) is 20.8 Å². The summed E-state index contributed by atoms with van der Waals surface area (Å²) in [6.07, 6.45) is 33.6. The van der Waals surface area contributed by atoms with Crippen molar-refractivity contribution in [3.63, 3.8) is 0 Å². The van der Waals surface area contributed by atoms with Crippen LogP contribution in [0.1, 0.15) is 200 Å². The lowest BCUT2D eigenvalue weighted by atomic mass is 9.46. The van der Waals surface area contributed by atoms with Crippen molar-refractivity contribution in [1.29, 1.82) is 0 Å². The molecule has 4 rings (SSSR count). The van der Waals surface area contributed by atoms with Crippen molar-refractivity contribution >= 4 is 0 Å². The number of ether oxygens (including phenoxy) is 1. The largest absolute Gasteiger partial charge is 0.400 e. The average Bonchev–Trinajstić information content (AvgIpc) is 3.47. The number of aliphatic hydroxyl groups excluding tert-OH is 3. The summed E-state index contributed by atoms with van der Waals surface area (Å²) in [6.45, 7) is 29.1. The van der Waals surface area contributed by atoms with E-state index in [0.29, 0.717) is 34.9 Å². The van der Waals surface area contributed by atoms with E-state index in [9.17, 15) is 5.11 Å². The Morgan fingerprint density at radius 3 is 2.09 bits per heavy atom. The second kappa shape index (κ2) is 27.7. The quantitative estimate of drug-likeness (QED) is 0.0883. The van der Waals surface area contributed by atoms with Crippen LogP contribution in [0.15, 0.2) is 11.6 Å². The van der Waals surface area contributed by atoms with Gasteiger partial charge in [0.25, 0.3) is 0 Å². The smallest absolute Gasteiger partial charge is 0.0776 e. The Balaban J connectivity index is 0. The second-order valence-electron chi connectivity index (χ2n) is 19.5. The van der Waals surface area contributed by atoms with E-state index in [1.807, 2.05) is 13.8 Å². The predicted molar refractivity (Wildman–Crippen MR) is 239 cm³/mol. The molecule has 3 fully saturated rings. The molecule has 0 spiro atoms. The molecule has 0 radical (unpaired) electrons. The lowest BCUT2D eigenvalue weighted by Gasteiger charge is -2.58. The molecule has 0 aromatic rings. The molecule has 12 atom stereocenters. The number of aliphatic hydroxyl groups is 3. The lowest BCUT2D eigenvalue weighted by Crippen LogP contribution is -2.51. The fourth-order valence-electron chi connectivity index (χ4n) is 11.6. The van der Waals surface area contributed by atoms with Crippen LogP contribution in [0.2, 0.25) is 0 Å². The minimum atomic E-state index is -0.308. The molecular formula is C50H98O4. The van der Waals surface area contributed by atoms with Crippen molar-refractivity contribution < 1.29 is 20.1 Å². The summed E-state index contributed by atoms with van der Waals surface area (Å²) in [5.41, 5.74) is 3.29. The standard InChI is InChI=1S/C43H78O2.C2H6.C2H2.2CH4O.CH4/c1-11-30(2)26-36(44)29-45-37-27-32(4)25-34(28-37)24-31(3)15-18-38-33(5)16-19-40-39-20-17-35(14-12-13-21-41(6,7)8)42(39,9)22-23-43(38,40)10;4*1-2;/h16,30-32,34-40,44H,11-15,17-29H2,1-10H3;1-2H3;1-2H;2*2H,1H3;1H4. The van der Waals surface area contributed by atoms with Gasteiger partial charge in [0.2, 0.25) is 0 Å². The summed E-state index contributed by atoms with van der Waals surface area (Å²) < 4.78 is 6.35. The van der Waals surface area contributed by atoms with Crippen molar-refractivity contribution in [1.82, 2.24) is 0 Å². The van der Waals surface area contributed by atoms with Crippen LogP contribution in [0.4, 0.5) is 0 Å². The SMILES string of the molecule is C.C#C.CC.CCC(C)CC(O)COC1CC(C)CC(CC(C)CCC2C(C)=CCC3C4CCC(CCCCC(C)(C)C)C4(C)CCC23C)C1.CO.CO. The van der Waals surface area contributed by atoms with Gasteiger partial charge in [0, 0.05) is 14.2 Å². The van der Waals surface area contributed by atoms with Crippen LogP contribution in [-0.4, -0.2) is 48.4 Å².